The second-order valence-corrected chi connectivity index (χ2v) is 7.67. The third kappa shape index (κ3) is 6.72. The molecule has 0 spiro atoms. The van der Waals surface area contributed by atoms with Crippen LogP contribution in [0, 0.1) is 0 Å². The summed E-state index contributed by atoms with van der Waals surface area (Å²) >= 11 is 1.74. The van der Waals surface area contributed by atoms with Crippen LogP contribution in [0.15, 0.2) is 47.8 Å². The van der Waals surface area contributed by atoms with Crippen LogP contribution < -0.4 is 5.73 Å². The third-order valence-corrected chi connectivity index (χ3v) is 5.77. The average Bonchev–Trinajstić information content (AvgIpc) is 3.21. The van der Waals surface area contributed by atoms with Crippen molar-refractivity contribution in [2.45, 2.75) is 18.5 Å². The number of hydrogen-bond donors (Lipinski definition) is 1. The van der Waals surface area contributed by atoms with Gasteiger partial charge in [-0.15, -0.1) is 36.2 Å². The first-order chi connectivity index (χ1) is 12.6. The number of nitrogens with zero attached hydrogens (tertiary/aromatic N) is 2. The summed E-state index contributed by atoms with van der Waals surface area (Å²) in [7, 11) is 1.86. The first-order valence-corrected chi connectivity index (χ1v) is 9.93. The molecule has 0 radical (unpaired) electrons. The maximum absolute atomic E-state index is 12.8. The number of ether oxygens (including phenoxy) is 1. The topological polar surface area (TPSA) is 58.8 Å². The monoisotopic (exact) mass is 445 g/mol. The summed E-state index contributed by atoms with van der Waals surface area (Å²) in [5.74, 6) is -0.0105. The number of morpholine rings is 1. The van der Waals surface area contributed by atoms with Crippen LogP contribution in [0.3, 0.4) is 0 Å². The standard InChI is InChI=1S/C20H27N3O2S.2ClH/c1-22(20(24)17(21)14-16-6-3-2-4-7-16)15-18(19-8-5-13-26-19)23-9-11-25-12-10-23;;/h2-8,13,17-18H,9-12,14-15,21H2,1H3;2*1H. The van der Waals surface area contributed by atoms with E-state index in [2.05, 4.69) is 22.4 Å². The van der Waals surface area contributed by atoms with Crippen LogP contribution >= 0.6 is 36.2 Å². The van der Waals surface area contributed by atoms with Crippen molar-refractivity contribution in [2.24, 2.45) is 5.73 Å². The van der Waals surface area contributed by atoms with Gasteiger partial charge in [0, 0.05) is 31.6 Å². The Bertz CT molecular complexity index is 682. The van der Waals surface area contributed by atoms with Crippen molar-refractivity contribution in [1.82, 2.24) is 9.80 Å². The second-order valence-electron chi connectivity index (χ2n) is 6.69. The Balaban J connectivity index is 0.00000196. The van der Waals surface area contributed by atoms with E-state index in [1.165, 1.54) is 4.88 Å². The minimum Gasteiger partial charge on any atom is -0.379 e. The fourth-order valence-electron chi connectivity index (χ4n) is 3.34. The Morgan fingerprint density at radius 2 is 1.86 bits per heavy atom. The van der Waals surface area contributed by atoms with Gasteiger partial charge in [0.2, 0.25) is 5.91 Å². The van der Waals surface area contributed by atoms with E-state index in [1.807, 2.05) is 37.4 Å². The summed E-state index contributed by atoms with van der Waals surface area (Å²) in [6.45, 7) is 3.91. The molecule has 2 heterocycles. The SMILES string of the molecule is CN(CC(c1cccs1)N1CCOCC1)C(=O)C(N)Cc1ccccc1.Cl.Cl. The highest BCUT2D eigenvalue weighted by molar-refractivity contribution is 7.10. The zero-order valence-corrected chi connectivity index (χ0v) is 18.5. The van der Waals surface area contributed by atoms with Crippen LogP contribution in [0.1, 0.15) is 16.5 Å². The number of halogens is 2. The molecule has 5 nitrogen and oxygen atoms in total. The molecule has 2 unspecified atom stereocenters. The van der Waals surface area contributed by atoms with E-state index in [9.17, 15) is 4.79 Å². The largest absolute Gasteiger partial charge is 0.379 e. The maximum Gasteiger partial charge on any atom is 0.239 e. The number of benzene rings is 1. The van der Waals surface area contributed by atoms with Crippen LogP contribution in [0.2, 0.25) is 0 Å². The molecule has 28 heavy (non-hydrogen) atoms. The normalized spacial score (nSPS) is 16.4. The smallest absolute Gasteiger partial charge is 0.239 e. The number of nitrogens with two attached hydrogens (primary N) is 1. The fourth-order valence-corrected chi connectivity index (χ4v) is 4.20. The van der Waals surface area contributed by atoms with Crippen LogP contribution in [0.4, 0.5) is 0 Å². The van der Waals surface area contributed by atoms with Crippen molar-refractivity contribution in [1.29, 1.82) is 0 Å². The first kappa shape index (κ1) is 24.9. The van der Waals surface area contributed by atoms with Gasteiger partial charge in [-0.3, -0.25) is 9.69 Å². The van der Waals surface area contributed by atoms with Gasteiger partial charge in [-0.25, -0.2) is 0 Å². The molecule has 0 saturated carbocycles. The van der Waals surface area contributed by atoms with Crippen LogP contribution in [-0.4, -0.2) is 61.6 Å². The van der Waals surface area contributed by atoms with Gasteiger partial charge < -0.3 is 15.4 Å². The van der Waals surface area contributed by atoms with Gasteiger partial charge in [0.05, 0.1) is 25.3 Å². The minimum atomic E-state index is -0.518. The van der Waals surface area contributed by atoms with Crippen LogP contribution in [-0.2, 0) is 16.0 Å². The summed E-state index contributed by atoms with van der Waals surface area (Å²) in [5, 5.41) is 2.09. The fraction of sp³-hybridized carbons (Fsp3) is 0.450. The number of carbonyl (C=O) groups is 1. The molecule has 0 aliphatic carbocycles. The van der Waals surface area contributed by atoms with Crippen molar-refractivity contribution in [3.05, 3.63) is 58.3 Å². The quantitative estimate of drug-likeness (QED) is 0.711. The lowest BCUT2D eigenvalue weighted by atomic mass is 10.1. The summed E-state index contributed by atoms with van der Waals surface area (Å²) in [4.78, 5) is 18.3. The van der Waals surface area contributed by atoms with E-state index in [1.54, 1.807) is 16.2 Å². The molecular formula is C20H29Cl2N3O2S. The van der Waals surface area contributed by atoms with Gasteiger partial charge in [-0.2, -0.15) is 0 Å². The highest BCUT2D eigenvalue weighted by Gasteiger charge is 2.27. The minimum absolute atomic E-state index is 0. The van der Waals surface area contributed by atoms with E-state index in [4.69, 9.17) is 10.5 Å². The van der Waals surface area contributed by atoms with Gasteiger partial charge in [-0.1, -0.05) is 36.4 Å². The summed E-state index contributed by atoms with van der Waals surface area (Å²) < 4.78 is 5.49. The lowest BCUT2D eigenvalue weighted by Crippen LogP contribution is -2.48. The van der Waals surface area contributed by atoms with Gasteiger partial charge in [-0.05, 0) is 23.4 Å². The first-order valence-electron chi connectivity index (χ1n) is 9.05. The van der Waals surface area contributed by atoms with Crippen LogP contribution in [0.25, 0.3) is 0 Å². The lowest BCUT2D eigenvalue weighted by Gasteiger charge is -2.36. The molecule has 1 aromatic heterocycles. The Morgan fingerprint density at radius 3 is 2.46 bits per heavy atom. The van der Waals surface area contributed by atoms with E-state index in [0.29, 0.717) is 13.0 Å². The van der Waals surface area contributed by atoms with Crippen molar-refractivity contribution >= 4 is 42.1 Å². The molecule has 2 N–H and O–H groups in total. The molecule has 1 fully saturated rings. The Kier molecular flexibility index (Phi) is 11.0. The predicted octanol–water partition coefficient (Wildman–Crippen LogP) is 2.99. The highest BCUT2D eigenvalue weighted by atomic mass is 35.5. The number of thiophene rings is 1. The Labute approximate surface area is 183 Å². The zero-order chi connectivity index (χ0) is 18.4. The van der Waals surface area contributed by atoms with Crippen molar-refractivity contribution in [3.8, 4) is 0 Å². The number of amides is 1. The molecule has 8 heteroatoms. The molecule has 3 rings (SSSR count). The number of hydrogen-bond acceptors (Lipinski definition) is 5. The molecule has 2 aromatic rings. The molecule has 1 aromatic carbocycles. The van der Waals surface area contributed by atoms with Crippen molar-refractivity contribution in [3.63, 3.8) is 0 Å². The van der Waals surface area contributed by atoms with Gasteiger partial charge in [0.25, 0.3) is 0 Å². The van der Waals surface area contributed by atoms with E-state index in [-0.39, 0.29) is 36.8 Å². The van der Waals surface area contributed by atoms with E-state index < -0.39 is 6.04 Å². The van der Waals surface area contributed by atoms with Gasteiger partial charge in [0.15, 0.2) is 0 Å². The summed E-state index contributed by atoms with van der Waals surface area (Å²) in [5.41, 5.74) is 7.29. The summed E-state index contributed by atoms with van der Waals surface area (Å²) in [6, 6.07) is 13.8. The number of carbonyl (C=O) groups excluding carboxylic acids is 1. The molecule has 1 amide bonds. The number of rotatable bonds is 7. The molecule has 156 valence electrons. The highest BCUT2D eigenvalue weighted by Crippen LogP contribution is 2.27. The lowest BCUT2D eigenvalue weighted by molar-refractivity contribution is -0.132. The van der Waals surface area contributed by atoms with Crippen molar-refractivity contribution in [2.75, 3.05) is 39.9 Å². The van der Waals surface area contributed by atoms with Gasteiger partial charge in [0.1, 0.15) is 0 Å². The zero-order valence-electron chi connectivity index (χ0n) is 16.0. The Hall–Kier alpha value is -1.15. The third-order valence-electron chi connectivity index (χ3n) is 4.80. The Morgan fingerprint density at radius 1 is 1.18 bits per heavy atom. The molecule has 1 saturated heterocycles. The second kappa shape index (κ2) is 12.4. The van der Waals surface area contributed by atoms with E-state index in [0.717, 1.165) is 31.9 Å². The van der Waals surface area contributed by atoms with E-state index >= 15 is 0 Å². The molecule has 2 atom stereocenters. The molecule has 0 bridgehead atoms. The average molecular weight is 446 g/mol. The summed E-state index contributed by atoms with van der Waals surface area (Å²) in [6.07, 6.45) is 0.561. The van der Waals surface area contributed by atoms with Crippen molar-refractivity contribution < 1.29 is 9.53 Å². The predicted molar refractivity (Wildman–Crippen MR) is 120 cm³/mol. The van der Waals surface area contributed by atoms with Crippen LogP contribution in [0.5, 0.6) is 0 Å². The number of likely N-dealkylation sites (N-methyl/N-ethyl adjacent to an activating group) is 1. The molecule has 1 aliphatic heterocycles. The maximum atomic E-state index is 12.8. The van der Waals surface area contributed by atoms with Gasteiger partial charge >= 0.3 is 0 Å². The molecule has 1 aliphatic rings. The molecular weight excluding hydrogens is 417 g/mol.